The molecule has 1 heterocycles. The summed E-state index contributed by atoms with van der Waals surface area (Å²) in [6, 6.07) is 1.97. The highest BCUT2D eigenvalue weighted by molar-refractivity contribution is 5.86. The standard InChI is InChI=1S/C11H16N2O2/c1-4-10(11(14)15)5-6-13-9(3)7-8(2)12-13/h5,7H,4,6H2,1-3H3,(H,14,15). The summed E-state index contributed by atoms with van der Waals surface area (Å²) in [5.74, 6) is -0.848. The molecule has 1 aromatic rings. The van der Waals surface area contributed by atoms with E-state index >= 15 is 0 Å². The van der Waals surface area contributed by atoms with Crippen LogP contribution < -0.4 is 0 Å². The van der Waals surface area contributed by atoms with Gasteiger partial charge in [-0.15, -0.1) is 0 Å². The number of carboxylic acid groups (broad SMARTS) is 1. The van der Waals surface area contributed by atoms with Gasteiger partial charge in [0.05, 0.1) is 12.2 Å². The Morgan fingerprint density at radius 2 is 2.27 bits per heavy atom. The van der Waals surface area contributed by atoms with E-state index < -0.39 is 5.97 Å². The summed E-state index contributed by atoms with van der Waals surface area (Å²) in [6.07, 6.45) is 2.25. The largest absolute Gasteiger partial charge is 0.478 e. The molecule has 0 amide bonds. The number of aromatic nitrogens is 2. The lowest BCUT2D eigenvalue weighted by Gasteiger charge is -2.01. The number of hydrogen-bond donors (Lipinski definition) is 1. The smallest absolute Gasteiger partial charge is 0.331 e. The fourth-order valence-electron chi connectivity index (χ4n) is 1.44. The van der Waals surface area contributed by atoms with Crippen molar-refractivity contribution in [2.75, 3.05) is 0 Å². The molecule has 0 atom stereocenters. The van der Waals surface area contributed by atoms with Gasteiger partial charge in [-0.1, -0.05) is 13.0 Å². The predicted octanol–water partition coefficient (Wildman–Crippen LogP) is 1.92. The average molecular weight is 208 g/mol. The summed E-state index contributed by atoms with van der Waals surface area (Å²) in [5, 5.41) is 13.1. The Balaban J connectivity index is 2.78. The molecule has 1 N–H and O–H groups in total. The van der Waals surface area contributed by atoms with E-state index in [0.29, 0.717) is 18.5 Å². The molecule has 0 fully saturated rings. The molecule has 0 saturated carbocycles. The van der Waals surface area contributed by atoms with Gasteiger partial charge in [0.2, 0.25) is 0 Å². The average Bonchev–Trinajstić information content (AvgIpc) is 2.45. The number of carbonyl (C=O) groups is 1. The van der Waals surface area contributed by atoms with Crippen LogP contribution in [0.15, 0.2) is 17.7 Å². The lowest BCUT2D eigenvalue weighted by atomic mass is 10.2. The number of nitrogens with zero attached hydrogens (tertiary/aromatic N) is 2. The molecule has 82 valence electrons. The minimum Gasteiger partial charge on any atom is -0.478 e. The van der Waals surface area contributed by atoms with Gasteiger partial charge in [-0.05, 0) is 26.3 Å². The third-order valence-electron chi connectivity index (χ3n) is 2.27. The first-order valence-electron chi connectivity index (χ1n) is 4.98. The van der Waals surface area contributed by atoms with Gasteiger partial charge in [-0.3, -0.25) is 4.68 Å². The molecule has 15 heavy (non-hydrogen) atoms. The van der Waals surface area contributed by atoms with Crippen molar-refractivity contribution in [1.82, 2.24) is 9.78 Å². The van der Waals surface area contributed by atoms with Crippen LogP contribution in [0.25, 0.3) is 0 Å². The van der Waals surface area contributed by atoms with Crippen molar-refractivity contribution in [3.8, 4) is 0 Å². The molecule has 0 aliphatic rings. The Morgan fingerprint density at radius 1 is 1.60 bits per heavy atom. The van der Waals surface area contributed by atoms with Gasteiger partial charge >= 0.3 is 5.97 Å². The highest BCUT2D eigenvalue weighted by Crippen LogP contribution is 2.05. The van der Waals surface area contributed by atoms with Gasteiger partial charge in [0.25, 0.3) is 0 Å². The van der Waals surface area contributed by atoms with Crippen molar-refractivity contribution in [3.63, 3.8) is 0 Å². The Bertz CT molecular complexity index is 391. The van der Waals surface area contributed by atoms with Crippen molar-refractivity contribution < 1.29 is 9.90 Å². The van der Waals surface area contributed by atoms with E-state index in [2.05, 4.69) is 5.10 Å². The zero-order valence-corrected chi connectivity index (χ0v) is 9.32. The number of hydrogen-bond acceptors (Lipinski definition) is 2. The lowest BCUT2D eigenvalue weighted by Crippen LogP contribution is -2.05. The monoisotopic (exact) mass is 208 g/mol. The van der Waals surface area contributed by atoms with E-state index in [1.54, 1.807) is 10.8 Å². The zero-order chi connectivity index (χ0) is 11.4. The SMILES string of the molecule is CCC(=CCn1nc(C)cc1C)C(=O)O. The molecule has 0 bridgehead atoms. The predicted molar refractivity (Wildman–Crippen MR) is 57.7 cm³/mol. The van der Waals surface area contributed by atoms with Crippen molar-refractivity contribution in [2.24, 2.45) is 0 Å². The van der Waals surface area contributed by atoms with E-state index in [1.165, 1.54) is 0 Å². The first kappa shape index (κ1) is 11.5. The van der Waals surface area contributed by atoms with Gasteiger partial charge in [-0.2, -0.15) is 5.10 Å². The summed E-state index contributed by atoms with van der Waals surface area (Å²) >= 11 is 0. The second-order valence-corrected chi connectivity index (χ2v) is 3.50. The fourth-order valence-corrected chi connectivity index (χ4v) is 1.44. The number of carboxylic acids is 1. The maximum absolute atomic E-state index is 10.7. The van der Waals surface area contributed by atoms with Crippen LogP contribution >= 0.6 is 0 Å². The van der Waals surface area contributed by atoms with Crippen molar-refractivity contribution in [1.29, 1.82) is 0 Å². The fraction of sp³-hybridized carbons (Fsp3) is 0.455. The molecule has 0 aliphatic carbocycles. The van der Waals surface area contributed by atoms with Crippen LogP contribution in [0, 0.1) is 13.8 Å². The topological polar surface area (TPSA) is 55.1 Å². The number of rotatable bonds is 4. The highest BCUT2D eigenvalue weighted by atomic mass is 16.4. The summed E-state index contributed by atoms with van der Waals surface area (Å²) in [7, 11) is 0. The van der Waals surface area contributed by atoms with Crippen LogP contribution in [-0.2, 0) is 11.3 Å². The van der Waals surface area contributed by atoms with Crippen LogP contribution in [0.3, 0.4) is 0 Å². The Labute approximate surface area is 89.2 Å². The van der Waals surface area contributed by atoms with Gasteiger partial charge in [0.1, 0.15) is 0 Å². The van der Waals surface area contributed by atoms with Crippen molar-refractivity contribution in [2.45, 2.75) is 33.7 Å². The van der Waals surface area contributed by atoms with Gasteiger partial charge in [-0.25, -0.2) is 4.79 Å². The second kappa shape index (κ2) is 4.77. The van der Waals surface area contributed by atoms with Crippen LogP contribution in [0.1, 0.15) is 24.7 Å². The first-order chi connectivity index (χ1) is 7.04. The second-order valence-electron chi connectivity index (χ2n) is 3.50. The van der Waals surface area contributed by atoms with Crippen LogP contribution in [-0.4, -0.2) is 20.9 Å². The molecule has 1 rings (SSSR count). The Morgan fingerprint density at radius 3 is 2.67 bits per heavy atom. The van der Waals surface area contributed by atoms with Crippen LogP contribution in [0.2, 0.25) is 0 Å². The number of aliphatic carboxylic acids is 1. The van der Waals surface area contributed by atoms with E-state index in [4.69, 9.17) is 5.11 Å². The maximum Gasteiger partial charge on any atom is 0.331 e. The molecule has 0 saturated heterocycles. The Kier molecular flexibility index (Phi) is 3.66. The van der Waals surface area contributed by atoms with Crippen LogP contribution in [0.4, 0.5) is 0 Å². The van der Waals surface area contributed by atoms with Crippen LogP contribution in [0.5, 0.6) is 0 Å². The molecule has 1 aromatic heterocycles. The third-order valence-corrected chi connectivity index (χ3v) is 2.27. The summed E-state index contributed by atoms with van der Waals surface area (Å²) in [6.45, 7) is 6.24. The van der Waals surface area contributed by atoms with Gasteiger partial charge < -0.3 is 5.11 Å². The van der Waals surface area contributed by atoms with Crippen molar-refractivity contribution in [3.05, 3.63) is 29.1 Å². The first-order valence-corrected chi connectivity index (χ1v) is 4.98. The van der Waals surface area contributed by atoms with E-state index in [0.717, 1.165) is 11.4 Å². The third kappa shape index (κ3) is 2.94. The molecule has 0 aliphatic heterocycles. The quantitative estimate of drug-likeness (QED) is 0.769. The minimum atomic E-state index is -0.848. The maximum atomic E-state index is 10.7. The van der Waals surface area contributed by atoms with E-state index in [9.17, 15) is 4.79 Å². The molecule has 4 nitrogen and oxygen atoms in total. The summed E-state index contributed by atoms with van der Waals surface area (Å²) < 4.78 is 1.80. The number of aryl methyl sites for hydroxylation is 2. The van der Waals surface area contributed by atoms with Gasteiger partial charge in [0, 0.05) is 11.3 Å². The summed E-state index contributed by atoms with van der Waals surface area (Å²) in [4.78, 5) is 10.7. The van der Waals surface area contributed by atoms with E-state index in [-0.39, 0.29) is 0 Å². The zero-order valence-electron chi connectivity index (χ0n) is 9.32. The summed E-state index contributed by atoms with van der Waals surface area (Å²) in [5.41, 5.74) is 2.43. The lowest BCUT2D eigenvalue weighted by molar-refractivity contribution is -0.132. The van der Waals surface area contributed by atoms with Crippen molar-refractivity contribution >= 4 is 5.97 Å². The number of allylic oxidation sites excluding steroid dienone is 1. The molecule has 0 spiro atoms. The Hall–Kier alpha value is -1.58. The molecule has 0 unspecified atom stereocenters. The highest BCUT2D eigenvalue weighted by Gasteiger charge is 2.04. The normalized spacial score (nSPS) is 11.8. The van der Waals surface area contributed by atoms with Gasteiger partial charge in [0.15, 0.2) is 0 Å². The molecular formula is C11H16N2O2. The molecule has 0 aromatic carbocycles. The molecule has 0 radical (unpaired) electrons. The molecular weight excluding hydrogens is 192 g/mol. The molecule has 4 heteroatoms. The van der Waals surface area contributed by atoms with E-state index in [1.807, 2.05) is 26.8 Å². The minimum absolute atomic E-state index is 0.433.